The van der Waals surface area contributed by atoms with Gasteiger partial charge in [0.1, 0.15) is 0 Å². The molecule has 7 heteroatoms. The third-order valence-corrected chi connectivity index (χ3v) is 5.45. The lowest BCUT2D eigenvalue weighted by Crippen LogP contribution is -2.47. The molecule has 2 unspecified atom stereocenters. The van der Waals surface area contributed by atoms with Crippen LogP contribution in [0.15, 0.2) is 18.2 Å². The number of amides is 1. The van der Waals surface area contributed by atoms with Gasteiger partial charge in [-0.05, 0) is 55.4 Å². The quantitative estimate of drug-likeness (QED) is 0.830. The first-order valence-corrected chi connectivity index (χ1v) is 8.92. The average Bonchev–Trinajstić information content (AvgIpc) is 2.97. The Morgan fingerprint density at radius 2 is 2.00 bits per heavy atom. The minimum Gasteiger partial charge on any atom is -0.392 e. The fourth-order valence-corrected chi connectivity index (χ4v) is 3.88. The molecule has 0 radical (unpaired) electrons. The number of rotatable bonds is 3. The molecule has 2 aliphatic rings. The highest BCUT2D eigenvalue weighted by Crippen LogP contribution is 2.28. The number of carbonyl (C=O) groups excluding carboxylic acids is 1. The van der Waals surface area contributed by atoms with Gasteiger partial charge in [-0.15, -0.1) is 12.4 Å². The molecule has 134 valence electrons. The van der Waals surface area contributed by atoms with E-state index < -0.39 is 6.10 Å². The van der Waals surface area contributed by atoms with E-state index in [1.54, 1.807) is 6.07 Å². The van der Waals surface area contributed by atoms with E-state index in [4.69, 9.17) is 23.2 Å². The average molecular weight is 394 g/mol. The minimum atomic E-state index is -0.397. The molecule has 0 aromatic heterocycles. The Bertz CT molecular complexity index is 577. The van der Waals surface area contributed by atoms with Crippen LogP contribution in [0.5, 0.6) is 0 Å². The summed E-state index contributed by atoms with van der Waals surface area (Å²) in [7, 11) is 0. The molecule has 0 aliphatic carbocycles. The smallest absolute Gasteiger partial charge is 0.239 e. The van der Waals surface area contributed by atoms with Crippen LogP contribution in [0, 0.1) is 5.92 Å². The standard InChI is InChI=1S/C17H22Cl2N2O2.ClH/c18-13-1-2-15(19)12(8-13)7-11-3-5-21(6-4-11)17(23)16-9-14(22)10-20-16;/h1-2,8,11,14,16,20,22H,3-7,9-10H2;1H. The fraction of sp³-hybridized carbons (Fsp3) is 0.588. The van der Waals surface area contributed by atoms with Crippen molar-refractivity contribution in [2.45, 2.75) is 37.8 Å². The molecular weight excluding hydrogens is 371 g/mol. The summed E-state index contributed by atoms with van der Waals surface area (Å²) in [5.74, 6) is 0.651. The summed E-state index contributed by atoms with van der Waals surface area (Å²) >= 11 is 12.3. The fourth-order valence-electron chi connectivity index (χ4n) is 3.49. The number of β-amino-alcohol motifs (C(OH)–C–C–N with tert-alkyl or cyclic N) is 1. The van der Waals surface area contributed by atoms with Gasteiger partial charge in [0.25, 0.3) is 0 Å². The van der Waals surface area contributed by atoms with E-state index >= 15 is 0 Å². The number of nitrogens with zero attached hydrogens (tertiary/aromatic N) is 1. The summed E-state index contributed by atoms with van der Waals surface area (Å²) in [5.41, 5.74) is 1.09. The molecule has 0 bridgehead atoms. The van der Waals surface area contributed by atoms with Crippen molar-refractivity contribution in [1.29, 1.82) is 0 Å². The number of aliphatic hydroxyl groups is 1. The zero-order valence-electron chi connectivity index (χ0n) is 13.4. The number of halogens is 3. The number of benzene rings is 1. The van der Waals surface area contributed by atoms with E-state index in [0.29, 0.717) is 23.9 Å². The van der Waals surface area contributed by atoms with Crippen LogP contribution in [0.4, 0.5) is 0 Å². The summed E-state index contributed by atoms with van der Waals surface area (Å²) in [4.78, 5) is 14.3. The SMILES string of the molecule is Cl.O=C(C1CC(O)CN1)N1CCC(Cc2cc(Cl)ccc2Cl)CC1. The Morgan fingerprint density at radius 1 is 1.29 bits per heavy atom. The Kier molecular flexibility index (Phi) is 7.20. The Morgan fingerprint density at radius 3 is 2.62 bits per heavy atom. The second-order valence-corrected chi connectivity index (χ2v) is 7.40. The van der Waals surface area contributed by atoms with E-state index in [0.717, 1.165) is 42.9 Å². The number of carbonyl (C=O) groups is 1. The molecule has 2 heterocycles. The van der Waals surface area contributed by atoms with Crippen LogP contribution in [0.1, 0.15) is 24.8 Å². The maximum Gasteiger partial charge on any atom is 0.239 e. The Balaban J connectivity index is 0.00000208. The Hall–Kier alpha value is -0.520. The van der Waals surface area contributed by atoms with Crippen molar-refractivity contribution in [2.75, 3.05) is 19.6 Å². The topological polar surface area (TPSA) is 52.6 Å². The van der Waals surface area contributed by atoms with Crippen molar-refractivity contribution in [3.8, 4) is 0 Å². The molecule has 2 fully saturated rings. The molecule has 24 heavy (non-hydrogen) atoms. The Labute approximate surface area is 158 Å². The highest BCUT2D eigenvalue weighted by Gasteiger charge is 2.33. The third-order valence-electron chi connectivity index (χ3n) is 4.85. The van der Waals surface area contributed by atoms with Gasteiger partial charge in [0.2, 0.25) is 5.91 Å². The van der Waals surface area contributed by atoms with Crippen LogP contribution in [0.25, 0.3) is 0 Å². The van der Waals surface area contributed by atoms with Gasteiger partial charge in [-0.25, -0.2) is 0 Å². The zero-order chi connectivity index (χ0) is 16.4. The number of hydrogen-bond acceptors (Lipinski definition) is 3. The summed E-state index contributed by atoms with van der Waals surface area (Å²) in [6.45, 7) is 2.06. The molecule has 0 saturated carbocycles. The molecule has 2 saturated heterocycles. The van der Waals surface area contributed by atoms with E-state index in [1.807, 2.05) is 17.0 Å². The van der Waals surface area contributed by atoms with Crippen molar-refractivity contribution in [2.24, 2.45) is 5.92 Å². The van der Waals surface area contributed by atoms with Crippen LogP contribution in [-0.4, -0.2) is 47.7 Å². The first-order valence-electron chi connectivity index (χ1n) is 8.17. The molecule has 2 N–H and O–H groups in total. The van der Waals surface area contributed by atoms with Gasteiger partial charge in [0, 0.05) is 29.7 Å². The second kappa shape index (κ2) is 8.72. The first-order chi connectivity index (χ1) is 11.0. The van der Waals surface area contributed by atoms with Gasteiger partial charge in [-0.3, -0.25) is 4.79 Å². The monoisotopic (exact) mass is 392 g/mol. The predicted octanol–water partition coefficient (Wildman–Crippen LogP) is 2.92. The molecule has 1 amide bonds. The molecule has 3 rings (SSSR count). The van der Waals surface area contributed by atoms with E-state index in [1.165, 1.54) is 0 Å². The summed E-state index contributed by atoms with van der Waals surface area (Å²) in [6, 6.07) is 5.36. The van der Waals surface area contributed by atoms with Crippen LogP contribution < -0.4 is 5.32 Å². The number of nitrogens with one attached hydrogen (secondary N) is 1. The second-order valence-electron chi connectivity index (χ2n) is 6.56. The molecule has 4 nitrogen and oxygen atoms in total. The van der Waals surface area contributed by atoms with Gasteiger partial charge in [0.15, 0.2) is 0 Å². The van der Waals surface area contributed by atoms with Gasteiger partial charge in [-0.2, -0.15) is 0 Å². The molecule has 2 aliphatic heterocycles. The summed E-state index contributed by atoms with van der Waals surface area (Å²) < 4.78 is 0. The minimum absolute atomic E-state index is 0. The van der Waals surface area contributed by atoms with E-state index in [9.17, 15) is 9.90 Å². The van der Waals surface area contributed by atoms with Crippen LogP contribution in [-0.2, 0) is 11.2 Å². The lowest BCUT2D eigenvalue weighted by atomic mass is 9.90. The highest BCUT2D eigenvalue weighted by molar-refractivity contribution is 6.33. The van der Waals surface area contributed by atoms with Crippen molar-refractivity contribution in [1.82, 2.24) is 10.2 Å². The lowest BCUT2D eigenvalue weighted by Gasteiger charge is -2.33. The number of piperidine rings is 1. The third kappa shape index (κ3) is 4.77. The predicted molar refractivity (Wildman–Crippen MR) is 99.1 cm³/mol. The summed E-state index contributed by atoms with van der Waals surface area (Å²) in [5, 5.41) is 14.1. The van der Waals surface area contributed by atoms with Gasteiger partial charge in [0.05, 0.1) is 12.1 Å². The first kappa shape index (κ1) is 19.8. The van der Waals surface area contributed by atoms with Crippen LogP contribution in [0.2, 0.25) is 10.0 Å². The van der Waals surface area contributed by atoms with Crippen molar-refractivity contribution in [3.05, 3.63) is 33.8 Å². The molecule has 1 aromatic rings. The van der Waals surface area contributed by atoms with Crippen LogP contribution in [0.3, 0.4) is 0 Å². The van der Waals surface area contributed by atoms with Crippen LogP contribution >= 0.6 is 35.6 Å². The normalized spacial score (nSPS) is 24.7. The highest BCUT2D eigenvalue weighted by atomic mass is 35.5. The lowest BCUT2D eigenvalue weighted by molar-refractivity contribution is -0.134. The summed E-state index contributed by atoms with van der Waals surface area (Å²) in [6.07, 6.45) is 2.98. The van der Waals surface area contributed by atoms with Gasteiger partial charge < -0.3 is 15.3 Å². The molecular formula is C17H23Cl3N2O2. The van der Waals surface area contributed by atoms with E-state index in [2.05, 4.69) is 5.32 Å². The van der Waals surface area contributed by atoms with Crippen molar-refractivity contribution in [3.63, 3.8) is 0 Å². The maximum atomic E-state index is 12.4. The number of likely N-dealkylation sites (tertiary alicyclic amines) is 1. The number of aliphatic hydroxyl groups excluding tert-OH is 1. The largest absolute Gasteiger partial charge is 0.392 e. The molecule has 1 aromatic carbocycles. The number of hydrogen-bond donors (Lipinski definition) is 2. The zero-order valence-corrected chi connectivity index (χ0v) is 15.7. The van der Waals surface area contributed by atoms with Crippen molar-refractivity contribution < 1.29 is 9.90 Å². The van der Waals surface area contributed by atoms with Gasteiger partial charge >= 0.3 is 0 Å². The maximum absolute atomic E-state index is 12.4. The van der Waals surface area contributed by atoms with Gasteiger partial charge in [-0.1, -0.05) is 23.2 Å². The molecule has 0 spiro atoms. The molecule has 2 atom stereocenters. The van der Waals surface area contributed by atoms with E-state index in [-0.39, 0.29) is 24.4 Å². The van der Waals surface area contributed by atoms with Crippen molar-refractivity contribution >= 4 is 41.5 Å².